The molecular weight excluding hydrogens is 399 g/mol. The van der Waals surface area contributed by atoms with E-state index in [-0.39, 0.29) is 17.9 Å². The van der Waals surface area contributed by atoms with Crippen molar-refractivity contribution in [2.24, 2.45) is 0 Å². The molecule has 1 heterocycles. The molecule has 0 atom stereocenters. The number of carbonyl (C=O) groups excluding carboxylic acids is 1. The molecule has 0 fully saturated rings. The van der Waals surface area contributed by atoms with Crippen molar-refractivity contribution in [1.82, 2.24) is 14.5 Å². The van der Waals surface area contributed by atoms with Gasteiger partial charge in [-0.1, -0.05) is 12.1 Å². The number of aromatic nitrogens is 2. The lowest BCUT2D eigenvalue weighted by Crippen LogP contribution is -2.28. The van der Waals surface area contributed by atoms with Crippen molar-refractivity contribution in [3.05, 3.63) is 64.1 Å². The minimum atomic E-state index is -2.77. The van der Waals surface area contributed by atoms with E-state index in [0.717, 1.165) is 4.57 Å². The Morgan fingerprint density at radius 1 is 1.28 bits per heavy atom. The quantitative estimate of drug-likeness (QED) is 0.628. The summed E-state index contributed by atoms with van der Waals surface area (Å²) in [6, 6.07) is 10.2. The third-order valence-corrected chi connectivity index (χ3v) is 4.41. The highest BCUT2D eigenvalue weighted by atomic mass is 79.9. The van der Waals surface area contributed by atoms with Gasteiger partial charge in [-0.05, 0) is 46.3 Å². The van der Waals surface area contributed by atoms with E-state index in [1.807, 2.05) is 0 Å². The number of amides is 1. The van der Waals surface area contributed by atoms with Crippen LogP contribution in [0, 0.1) is 5.82 Å². The fraction of sp³-hybridized carbons (Fsp3) is 0.176. The number of hydrogen-bond acceptors (Lipinski definition) is 2. The Labute approximate surface area is 150 Å². The number of carbonyl (C=O) groups is 1. The van der Waals surface area contributed by atoms with Crippen LogP contribution in [0.2, 0.25) is 0 Å². The molecular formula is C17H13BrF3N3O. The molecule has 0 aliphatic rings. The van der Waals surface area contributed by atoms with Gasteiger partial charge in [-0.25, -0.2) is 9.37 Å². The summed E-state index contributed by atoms with van der Waals surface area (Å²) in [5, 5.41) is 0. The third-order valence-electron chi connectivity index (χ3n) is 3.75. The molecule has 0 unspecified atom stereocenters. The number of para-hydroxylation sites is 2. The summed E-state index contributed by atoms with van der Waals surface area (Å²) < 4.78 is 41.2. The van der Waals surface area contributed by atoms with Crippen LogP contribution in [-0.2, 0) is 6.54 Å². The van der Waals surface area contributed by atoms with Crippen molar-refractivity contribution in [3.63, 3.8) is 0 Å². The molecule has 0 spiro atoms. The topological polar surface area (TPSA) is 38.1 Å². The summed E-state index contributed by atoms with van der Waals surface area (Å²) in [7, 11) is 1.48. The van der Waals surface area contributed by atoms with Crippen LogP contribution >= 0.6 is 15.9 Å². The highest BCUT2D eigenvalue weighted by molar-refractivity contribution is 9.10. The molecule has 0 aliphatic heterocycles. The van der Waals surface area contributed by atoms with Gasteiger partial charge in [-0.2, -0.15) is 8.78 Å². The molecule has 0 radical (unpaired) electrons. The molecule has 0 saturated heterocycles. The summed E-state index contributed by atoms with van der Waals surface area (Å²) in [6.07, 6.45) is 0. The lowest BCUT2D eigenvalue weighted by molar-refractivity contribution is 0.0646. The number of benzene rings is 2. The van der Waals surface area contributed by atoms with E-state index in [1.54, 1.807) is 24.3 Å². The zero-order valence-corrected chi connectivity index (χ0v) is 14.7. The number of hydrogen-bond donors (Lipinski definition) is 0. The number of alkyl halides is 2. The lowest BCUT2D eigenvalue weighted by Gasteiger charge is -2.18. The minimum Gasteiger partial charge on any atom is -0.334 e. The van der Waals surface area contributed by atoms with Gasteiger partial charge in [0.05, 0.1) is 23.1 Å². The van der Waals surface area contributed by atoms with Crippen LogP contribution in [0.1, 0.15) is 22.7 Å². The van der Waals surface area contributed by atoms with Crippen molar-refractivity contribution in [1.29, 1.82) is 0 Å². The molecule has 8 heteroatoms. The van der Waals surface area contributed by atoms with Gasteiger partial charge in [-0.15, -0.1) is 0 Å². The van der Waals surface area contributed by atoms with Crippen LogP contribution < -0.4 is 0 Å². The predicted molar refractivity (Wildman–Crippen MR) is 90.9 cm³/mol. The Balaban J connectivity index is 1.92. The normalized spacial score (nSPS) is 11.3. The highest BCUT2D eigenvalue weighted by Crippen LogP contribution is 2.25. The second-order valence-electron chi connectivity index (χ2n) is 5.45. The third kappa shape index (κ3) is 3.39. The van der Waals surface area contributed by atoms with Gasteiger partial charge in [0.1, 0.15) is 11.6 Å². The van der Waals surface area contributed by atoms with E-state index in [0.29, 0.717) is 15.5 Å². The standard InChI is InChI=1S/C17H13BrF3N3O/c1-23(16(25)11-7-6-10(19)8-12(11)18)9-15-22-13-4-2-3-5-14(13)24(15)17(20)21/h2-8,17H,9H2,1H3. The van der Waals surface area contributed by atoms with Crippen LogP contribution in [0.5, 0.6) is 0 Å². The number of rotatable bonds is 4. The molecule has 3 aromatic rings. The van der Waals surface area contributed by atoms with Crippen molar-refractivity contribution < 1.29 is 18.0 Å². The molecule has 4 nitrogen and oxygen atoms in total. The van der Waals surface area contributed by atoms with Gasteiger partial charge in [0.25, 0.3) is 5.91 Å². The van der Waals surface area contributed by atoms with E-state index >= 15 is 0 Å². The van der Waals surface area contributed by atoms with Crippen LogP contribution in [0.3, 0.4) is 0 Å². The monoisotopic (exact) mass is 411 g/mol. The minimum absolute atomic E-state index is 0.0743. The Kier molecular flexibility index (Phi) is 4.80. The Morgan fingerprint density at radius 3 is 2.68 bits per heavy atom. The summed E-state index contributed by atoms with van der Waals surface area (Å²) in [4.78, 5) is 18.0. The molecule has 0 bridgehead atoms. The fourth-order valence-electron chi connectivity index (χ4n) is 2.58. The largest absolute Gasteiger partial charge is 0.334 e. The van der Waals surface area contributed by atoms with Gasteiger partial charge in [0.2, 0.25) is 0 Å². The average Bonchev–Trinajstić information content (AvgIpc) is 2.92. The maximum Gasteiger partial charge on any atom is 0.320 e. The predicted octanol–water partition coefficient (Wildman–Crippen LogP) is 4.61. The van der Waals surface area contributed by atoms with Crippen molar-refractivity contribution in [2.45, 2.75) is 13.1 Å². The number of fused-ring (bicyclic) bond motifs is 1. The van der Waals surface area contributed by atoms with Gasteiger partial charge in [0, 0.05) is 11.5 Å². The van der Waals surface area contributed by atoms with Gasteiger partial charge < -0.3 is 4.90 Å². The van der Waals surface area contributed by atoms with Crippen molar-refractivity contribution in [3.8, 4) is 0 Å². The Morgan fingerprint density at radius 2 is 2.00 bits per heavy atom. The van der Waals surface area contributed by atoms with Crippen molar-refractivity contribution >= 4 is 32.9 Å². The van der Waals surface area contributed by atoms with Crippen LogP contribution in [-0.4, -0.2) is 27.4 Å². The summed E-state index contributed by atoms with van der Waals surface area (Å²) in [6.45, 7) is -2.88. The molecule has 1 amide bonds. The second-order valence-corrected chi connectivity index (χ2v) is 6.30. The fourth-order valence-corrected chi connectivity index (χ4v) is 3.10. The van der Waals surface area contributed by atoms with E-state index in [9.17, 15) is 18.0 Å². The SMILES string of the molecule is CN(Cc1nc2ccccc2n1C(F)F)C(=O)c1ccc(F)cc1Br. The molecule has 130 valence electrons. The molecule has 0 aliphatic carbocycles. The van der Waals surface area contributed by atoms with E-state index in [2.05, 4.69) is 20.9 Å². The first kappa shape index (κ1) is 17.5. The molecule has 0 saturated carbocycles. The molecule has 25 heavy (non-hydrogen) atoms. The second kappa shape index (κ2) is 6.87. The average molecular weight is 412 g/mol. The van der Waals surface area contributed by atoms with E-state index in [4.69, 9.17) is 0 Å². The molecule has 1 aromatic heterocycles. The van der Waals surface area contributed by atoms with Crippen LogP contribution in [0.15, 0.2) is 46.9 Å². The summed E-state index contributed by atoms with van der Waals surface area (Å²) in [5.74, 6) is -0.837. The van der Waals surface area contributed by atoms with Crippen LogP contribution in [0.25, 0.3) is 11.0 Å². The first-order valence-electron chi connectivity index (χ1n) is 7.33. The van der Waals surface area contributed by atoms with Gasteiger partial charge in [0.15, 0.2) is 0 Å². The Bertz CT molecular complexity index is 942. The smallest absolute Gasteiger partial charge is 0.320 e. The summed E-state index contributed by atoms with van der Waals surface area (Å²) in [5.41, 5.74) is 0.974. The molecule has 0 N–H and O–H groups in total. The number of nitrogens with zero attached hydrogens (tertiary/aromatic N) is 3. The number of halogens is 4. The highest BCUT2D eigenvalue weighted by Gasteiger charge is 2.22. The first-order chi connectivity index (χ1) is 11.9. The van der Waals surface area contributed by atoms with Gasteiger partial charge >= 0.3 is 6.55 Å². The van der Waals surface area contributed by atoms with Gasteiger partial charge in [-0.3, -0.25) is 9.36 Å². The summed E-state index contributed by atoms with van der Waals surface area (Å²) >= 11 is 3.14. The van der Waals surface area contributed by atoms with E-state index < -0.39 is 18.3 Å². The lowest BCUT2D eigenvalue weighted by atomic mass is 10.2. The van der Waals surface area contributed by atoms with Crippen molar-refractivity contribution in [2.75, 3.05) is 7.05 Å². The maximum absolute atomic E-state index is 13.4. The maximum atomic E-state index is 13.4. The zero-order chi connectivity index (χ0) is 18.1. The molecule has 3 rings (SSSR count). The zero-order valence-electron chi connectivity index (χ0n) is 13.1. The van der Waals surface area contributed by atoms with E-state index in [1.165, 1.54) is 30.1 Å². The first-order valence-corrected chi connectivity index (χ1v) is 8.12. The Hall–Kier alpha value is -2.35. The molecule has 2 aromatic carbocycles. The number of imidazole rings is 1. The van der Waals surface area contributed by atoms with Crippen LogP contribution in [0.4, 0.5) is 13.2 Å².